The second-order valence-electron chi connectivity index (χ2n) is 23.2. The Morgan fingerprint density at radius 3 is 2.25 bits per heavy atom. The number of piperazine rings is 1. The molecule has 0 unspecified atom stereocenters. The van der Waals surface area contributed by atoms with Crippen molar-refractivity contribution in [3.8, 4) is 16.2 Å². The lowest BCUT2D eigenvalue weighted by molar-refractivity contribution is -0.144. The lowest BCUT2D eigenvalue weighted by Crippen LogP contribution is -2.62. The van der Waals surface area contributed by atoms with Crippen molar-refractivity contribution in [2.75, 3.05) is 83.6 Å². The summed E-state index contributed by atoms with van der Waals surface area (Å²) in [7, 11) is 0. The Bertz CT molecular complexity index is 2940. The van der Waals surface area contributed by atoms with Crippen LogP contribution in [0.15, 0.2) is 84.5 Å². The molecule has 3 N–H and O–H groups in total. The molecule has 5 aromatic rings. The fourth-order valence-corrected chi connectivity index (χ4v) is 12.4. The molecule has 4 aliphatic rings. The minimum atomic E-state index is -0.930. The maximum Gasteiger partial charge on any atom is 0.246 e. The first-order valence-electron chi connectivity index (χ1n) is 27.7. The van der Waals surface area contributed by atoms with Gasteiger partial charge in [0.15, 0.2) is 5.69 Å². The third-order valence-corrected chi connectivity index (χ3v) is 17.5. The van der Waals surface area contributed by atoms with Crippen LogP contribution >= 0.6 is 22.9 Å². The predicted molar refractivity (Wildman–Crippen MR) is 308 cm³/mol. The molecule has 0 bridgehead atoms. The molecule has 0 radical (unpaired) electrons. The standard InChI is InChI=1S/C60H76ClN11O6S/c1-39(41-9-11-42(12-10-41)54-40(2)64-38-79-54)65-56(75)52-32-50(73)35-72(52)57(76)55(59(3,4)5)67-53(74)37-77-28-27-68-33-49(34-68)69-21-18-48(19-22-69)70-23-25-71(26-24-70)58-63-20-17-46(66-58)36-78-51-15-13-43(14-16-51)60(6,7)44-29-45(61)31-47(30-44)62-8/h9-17,20,29-31,38-39,48-50,52,55,73H,18-19,21-28,32-37H2,1-7H3,(H,65,75)(H,67,74)/t39-,50+,52-,55+/m0/s1. The van der Waals surface area contributed by atoms with E-state index in [1.165, 1.54) is 4.90 Å². The number of likely N-dealkylation sites (tertiary alicyclic amines) is 3. The Kier molecular flexibility index (Phi) is 18.4. The number of amides is 3. The summed E-state index contributed by atoms with van der Waals surface area (Å²) in [5.41, 5.74) is 7.18. The lowest BCUT2D eigenvalue weighted by Gasteiger charge is -2.49. The number of aromatic nitrogens is 3. The van der Waals surface area contributed by atoms with E-state index in [0.717, 1.165) is 115 Å². The number of nitrogens with one attached hydrogen (secondary N) is 2. The summed E-state index contributed by atoms with van der Waals surface area (Å²) in [6, 6.07) is 22.4. The molecule has 4 saturated heterocycles. The smallest absolute Gasteiger partial charge is 0.246 e. The van der Waals surface area contributed by atoms with Gasteiger partial charge in [-0.1, -0.05) is 88.7 Å². The summed E-state index contributed by atoms with van der Waals surface area (Å²) in [4.78, 5) is 71.1. The van der Waals surface area contributed by atoms with E-state index in [9.17, 15) is 19.5 Å². The average Bonchev–Trinajstić information content (AvgIpc) is 4.17. The molecule has 4 atom stereocenters. The second-order valence-corrected chi connectivity index (χ2v) is 24.5. The summed E-state index contributed by atoms with van der Waals surface area (Å²) < 4.78 is 12.0. The molecule has 0 spiro atoms. The van der Waals surface area contributed by atoms with Gasteiger partial charge >= 0.3 is 0 Å². The number of aliphatic hydroxyl groups excluding tert-OH is 1. The number of β-amino-alcohol motifs (C(OH)–C–C–N with tert-alkyl or cyclic N) is 1. The summed E-state index contributed by atoms with van der Waals surface area (Å²) >= 11 is 7.92. The van der Waals surface area contributed by atoms with Crippen molar-refractivity contribution < 1.29 is 29.0 Å². The summed E-state index contributed by atoms with van der Waals surface area (Å²) in [6.07, 6.45) is 3.36. The quantitative estimate of drug-likeness (QED) is 0.0544. The van der Waals surface area contributed by atoms with Crippen LogP contribution < -0.4 is 20.3 Å². The number of aliphatic hydroxyl groups is 1. The Labute approximate surface area is 474 Å². The highest BCUT2D eigenvalue weighted by Gasteiger charge is 2.45. The molecule has 3 aromatic carbocycles. The van der Waals surface area contributed by atoms with E-state index < -0.39 is 35.4 Å². The molecular weight excluding hydrogens is 1040 g/mol. The molecule has 4 fully saturated rings. The monoisotopic (exact) mass is 1110 g/mol. The molecule has 0 saturated carbocycles. The van der Waals surface area contributed by atoms with Crippen LogP contribution in [0.25, 0.3) is 15.3 Å². The number of aryl methyl sites for hydroxylation is 1. The largest absolute Gasteiger partial charge is 0.487 e. The highest BCUT2D eigenvalue weighted by atomic mass is 35.5. The van der Waals surface area contributed by atoms with E-state index in [2.05, 4.69) is 71.0 Å². The van der Waals surface area contributed by atoms with Gasteiger partial charge in [-0.2, -0.15) is 0 Å². The number of nitrogens with zero attached hydrogens (tertiary/aromatic N) is 9. The van der Waals surface area contributed by atoms with Crippen molar-refractivity contribution in [2.24, 2.45) is 5.41 Å². The number of benzene rings is 3. The van der Waals surface area contributed by atoms with E-state index in [1.54, 1.807) is 17.4 Å². The molecule has 79 heavy (non-hydrogen) atoms. The number of hydrogen-bond acceptors (Lipinski definition) is 14. The maximum absolute atomic E-state index is 14.2. The van der Waals surface area contributed by atoms with Crippen LogP contribution in [0, 0.1) is 18.9 Å². The number of carbonyl (C=O) groups excluding carboxylic acids is 3. The Balaban J connectivity index is 0.651. The summed E-state index contributed by atoms with van der Waals surface area (Å²) in [5, 5.41) is 17.2. The third kappa shape index (κ3) is 14.1. The van der Waals surface area contributed by atoms with Crippen molar-refractivity contribution in [1.82, 2.24) is 45.2 Å². The molecule has 0 aliphatic carbocycles. The van der Waals surface area contributed by atoms with Gasteiger partial charge in [0.2, 0.25) is 23.7 Å². The van der Waals surface area contributed by atoms with Gasteiger partial charge in [0.1, 0.15) is 31.0 Å². The Hall–Kier alpha value is -6.04. The molecule has 6 heterocycles. The predicted octanol–water partition coefficient (Wildman–Crippen LogP) is 7.67. The molecule has 3 amide bonds. The van der Waals surface area contributed by atoms with Gasteiger partial charge in [-0.15, -0.1) is 11.3 Å². The number of hydrogen-bond donors (Lipinski definition) is 3. The average molecular weight is 1110 g/mol. The van der Waals surface area contributed by atoms with Crippen molar-refractivity contribution in [1.29, 1.82) is 0 Å². The first-order chi connectivity index (χ1) is 37.8. The number of thiazole rings is 1. The van der Waals surface area contributed by atoms with E-state index >= 15 is 0 Å². The first kappa shape index (κ1) is 57.6. The molecule has 420 valence electrons. The van der Waals surface area contributed by atoms with Gasteiger partial charge in [0, 0.05) is 101 Å². The number of halogens is 1. The van der Waals surface area contributed by atoms with Gasteiger partial charge in [-0.05, 0) is 84.7 Å². The maximum atomic E-state index is 14.2. The number of anilines is 1. The molecule has 17 nitrogen and oxygen atoms in total. The minimum Gasteiger partial charge on any atom is -0.487 e. The number of carbonyl (C=O) groups is 3. The van der Waals surface area contributed by atoms with Crippen LogP contribution in [-0.2, 0) is 31.1 Å². The zero-order chi connectivity index (χ0) is 56.0. The van der Waals surface area contributed by atoms with E-state index in [4.69, 9.17) is 32.6 Å². The van der Waals surface area contributed by atoms with E-state index in [-0.39, 0.29) is 36.9 Å². The van der Waals surface area contributed by atoms with Crippen molar-refractivity contribution in [2.45, 2.75) is 116 Å². The fraction of sp³-hybridized carbons (Fsp3) is 0.517. The molecular formula is C60H76ClN11O6S. The first-order valence-corrected chi connectivity index (χ1v) is 28.9. The second kappa shape index (κ2) is 25.2. The van der Waals surface area contributed by atoms with Crippen LogP contribution in [0.5, 0.6) is 5.75 Å². The van der Waals surface area contributed by atoms with Crippen molar-refractivity contribution in [3.05, 3.63) is 129 Å². The molecule has 4 aliphatic heterocycles. The van der Waals surface area contributed by atoms with Crippen molar-refractivity contribution >= 4 is 52.3 Å². The number of ether oxygens (including phenoxy) is 2. The summed E-state index contributed by atoms with van der Waals surface area (Å²) in [6.45, 7) is 30.3. The summed E-state index contributed by atoms with van der Waals surface area (Å²) in [5.74, 6) is 0.337. The van der Waals surface area contributed by atoms with E-state index in [0.29, 0.717) is 42.6 Å². The van der Waals surface area contributed by atoms with Crippen LogP contribution in [0.1, 0.15) is 94.9 Å². The number of piperidine rings is 1. The Morgan fingerprint density at radius 2 is 1.58 bits per heavy atom. The molecule has 9 rings (SSSR count). The van der Waals surface area contributed by atoms with Gasteiger partial charge in [-0.3, -0.25) is 29.1 Å². The van der Waals surface area contributed by atoms with Crippen LogP contribution in [0.4, 0.5) is 11.6 Å². The topological polar surface area (TPSA) is 173 Å². The third-order valence-electron chi connectivity index (χ3n) is 16.3. The minimum absolute atomic E-state index is 0.00471. The van der Waals surface area contributed by atoms with Gasteiger partial charge in [-0.25, -0.2) is 19.8 Å². The SMILES string of the molecule is [C-]#[N+]c1cc(Cl)cc(C(C)(C)c2ccc(OCc3ccnc(N4CCN(C5CCN(C6CN(CCOCC(=O)N[C@H](C(=O)N7C[C@H](O)C[C@H]7C(=O)N[C@@H](C)c7ccc(-c8scnc8C)cc7)C(C)(C)C)C6)CC5)CC4)n3)cc2)c1. The normalized spacial score (nSPS) is 19.8. The van der Waals surface area contributed by atoms with Gasteiger partial charge < -0.3 is 35.0 Å². The van der Waals surface area contributed by atoms with Crippen LogP contribution in [-0.4, -0.2) is 166 Å². The zero-order valence-corrected chi connectivity index (χ0v) is 48.2. The Morgan fingerprint density at radius 1 is 0.873 bits per heavy atom. The number of rotatable bonds is 19. The highest BCUT2D eigenvalue weighted by Crippen LogP contribution is 2.37. The van der Waals surface area contributed by atoms with Crippen molar-refractivity contribution in [3.63, 3.8) is 0 Å². The zero-order valence-electron chi connectivity index (χ0n) is 46.7. The highest BCUT2D eigenvalue weighted by molar-refractivity contribution is 7.13. The van der Waals surface area contributed by atoms with Gasteiger partial charge in [0.05, 0.1) is 47.1 Å². The lowest BCUT2D eigenvalue weighted by atomic mass is 9.78. The van der Waals surface area contributed by atoms with Gasteiger partial charge in [0.25, 0.3) is 0 Å². The van der Waals surface area contributed by atoms with Crippen LogP contribution in [0.2, 0.25) is 5.02 Å². The van der Waals surface area contributed by atoms with E-state index in [1.807, 2.05) is 101 Å². The fourth-order valence-electron chi connectivity index (χ4n) is 11.3. The molecule has 2 aromatic heterocycles. The van der Waals surface area contributed by atoms with Crippen LogP contribution in [0.3, 0.4) is 0 Å². The molecule has 19 heteroatoms.